The first-order valence-corrected chi connectivity index (χ1v) is 9.35. The number of piperidine rings is 1. The molecule has 1 aromatic heterocycles. The molecule has 1 N–H and O–H groups in total. The Morgan fingerprint density at radius 1 is 1.04 bits per heavy atom. The number of ether oxygens (including phenoxy) is 2. The van der Waals surface area contributed by atoms with E-state index in [1.54, 1.807) is 18.9 Å². The molecule has 1 unspecified atom stereocenters. The van der Waals surface area contributed by atoms with Crippen LogP contribution in [0.15, 0.2) is 48.5 Å². The molecular formula is C20H24N6O2. The van der Waals surface area contributed by atoms with Crippen LogP contribution in [0.25, 0.3) is 5.69 Å². The smallest absolute Gasteiger partial charge is 0.250 e. The number of methoxy groups -OCH3 is 2. The minimum Gasteiger partial charge on any atom is -0.497 e. The fourth-order valence-electron chi connectivity index (χ4n) is 3.52. The van der Waals surface area contributed by atoms with Gasteiger partial charge in [-0.25, -0.2) is 0 Å². The van der Waals surface area contributed by atoms with Gasteiger partial charge < -0.3 is 19.7 Å². The SMILES string of the molecule is COc1cc(NC2CCCN(c3nnnn3-c3ccccc3)C2)cc(OC)c1. The van der Waals surface area contributed by atoms with E-state index in [1.165, 1.54) is 0 Å². The van der Waals surface area contributed by atoms with Crippen LogP contribution in [0, 0.1) is 0 Å². The molecule has 8 heteroatoms. The summed E-state index contributed by atoms with van der Waals surface area (Å²) in [5, 5.41) is 15.9. The zero-order chi connectivity index (χ0) is 19.3. The number of tetrazole rings is 1. The second kappa shape index (κ2) is 8.16. The largest absolute Gasteiger partial charge is 0.497 e. The summed E-state index contributed by atoms with van der Waals surface area (Å²) in [6.45, 7) is 1.74. The highest BCUT2D eigenvalue weighted by atomic mass is 16.5. The number of nitrogens with one attached hydrogen (secondary N) is 1. The molecule has 1 aliphatic rings. The minimum atomic E-state index is 0.270. The van der Waals surface area contributed by atoms with Gasteiger partial charge in [-0.2, -0.15) is 4.68 Å². The van der Waals surface area contributed by atoms with Gasteiger partial charge in [-0.3, -0.25) is 0 Å². The van der Waals surface area contributed by atoms with Crippen molar-refractivity contribution in [3.63, 3.8) is 0 Å². The fraction of sp³-hybridized carbons (Fsp3) is 0.350. The van der Waals surface area contributed by atoms with E-state index in [4.69, 9.17) is 9.47 Å². The Morgan fingerprint density at radius 2 is 1.79 bits per heavy atom. The number of hydrogen-bond acceptors (Lipinski definition) is 7. The summed E-state index contributed by atoms with van der Waals surface area (Å²) < 4.78 is 12.5. The van der Waals surface area contributed by atoms with E-state index < -0.39 is 0 Å². The molecule has 0 aliphatic carbocycles. The van der Waals surface area contributed by atoms with Crippen LogP contribution in [-0.4, -0.2) is 53.6 Å². The highest BCUT2D eigenvalue weighted by molar-refractivity contribution is 5.55. The molecule has 0 bridgehead atoms. The van der Waals surface area contributed by atoms with Crippen molar-refractivity contribution in [1.82, 2.24) is 20.2 Å². The van der Waals surface area contributed by atoms with Crippen LogP contribution in [-0.2, 0) is 0 Å². The van der Waals surface area contributed by atoms with E-state index in [2.05, 4.69) is 25.7 Å². The summed E-state index contributed by atoms with van der Waals surface area (Å²) in [7, 11) is 3.31. The topological polar surface area (TPSA) is 77.3 Å². The molecule has 0 spiro atoms. The predicted molar refractivity (Wildman–Crippen MR) is 108 cm³/mol. The minimum absolute atomic E-state index is 0.270. The van der Waals surface area contributed by atoms with Gasteiger partial charge in [0.05, 0.1) is 19.9 Å². The van der Waals surface area contributed by atoms with Gasteiger partial charge in [0.15, 0.2) is 0 Å². The molecule has 0 saturated carbocycles. The van der Waals surface area contributed by atoms with Crippen molar-refractivity contribution in [1.29, 1.82) is 0 Å². The Bertz CT molecular complexity index is 892. The van der Waals surface area contributed by atoms with E-state index in [9.17, 15) is 0 Å². The van der Waals surface area contributed by atoms with Gasteiger partial charge in [0.25, 0.3) is 0 Å². The first-order valence-electron chi connectivity index (χ1n) is 9.35. The van der Waals surface area contributed by atoms with Crippen molar-refractivity contribution in [2.45, 2.75) is 18.9 Å². The zero-order valence-corrected chi connectivity index (χ0v) is 16.1. The average molecular weight is 380 g/mol. The van der Waals surface area contributed by atoms with Crippen molar-refractivity contribution < 1.29 is 9.47 Å². The second-order valence-electron chi connectivity index (χ2n) is 6.76. The lowest BCUT2D eigenvalue weighted by molar-refractivity contribution is 0.394. The Labute approximate surface area is 164 Å². The van der Waals surface area contributed by atoms with Gasteiger partial charge in [-0.05, 0) is 35.4 Å². The molecule has 4 rings (SSSR count). The quantitative estimate of drug-likeness (QED) is 0.704. The summed E-state index contributed by atoms with van der Waals surface area (Å²) in [6.07, 6.45) is 2.13. The van der Waals surface area contributed by atoms with E-state index in [0.29, 0.717) is 0 Å². The van der Waals surface area contributed by atoms with Crippen molar-refractivity contribution >= 4 is 11.6 Å². The standard InChI is InChI=1S/C20H24N6O2/c1-27-18-11-16(12-19(13-18)28-2)21-15-7-6-10-25(14-15)20-22-23-24-26(20)17-8-4-3-5-9-17/h3-5,8-9,11-13,15,21H,6-7,10,14H2,1-2H3. The molecule has 3 aromatic rings. The molecule has 0 radical (unpaired) electrons. The molecule has 0 amide bonds. The van der Waals surface area contributed by atoms with Crippen LogP contribution in [0.1, 0.15) is 12.8 Å². The fourth-order valence-corrected chi connectivity index (χ4v) is 3.52. The van der Waals surface area contributed by atoms with Gasteiger partial charge in [-0.1, -0.05) is 23.3 Å². The Kier molecular flexibility index (Phi) is 5.27. The van der Waals surface area contributed by atoms with Gasteiger partial charge in [0, 0.05) is 43.0 Å². The van der Waals surface area contributed by atoms with Crippen molar-refractivity contribution in [2.75, 3.05) is 37.5 Å². The van der Waals surface area contributed by atoms with E-state index >= 15 is 0 Å². The number of para-hydroxylation sites is 1. The molecule has 1 fully saturated rings. The normalized spacial score (nSPS) is 16.6. The van der Waals surface area contributed by atoms with Crippen LogP contribution in [0.5, 0.6) is 11.5 Å². The Balaban J connectivity index is 1.51. The monoisotopic (exact) mass is 380 g/mol. The number of benzene rings is 2. The van der Waals surface area contributed by atoms with Gasteiger partial charge >= 0.3 is 0 Å². The molecule has 2 heterocycles. The lowest BCUT2D eigenvalue weighted by Gasteiger charge is -2.33. The summed E-state index contributed by atoms with van der Waals surface area (Å²) in [5.41, 5.74) is 1.93. The lowest BCUT2D eigenvalue weighted by Crippen LogP contribution is -2.43. The molecule has 1 atom stereocenters. The van der Waals surface area contributed by atoms with Gasteiger partial charge in [0.2, 0.25) is 5.95 Å². The third-order valence-corrected chi connectivity index (χ3v) is 4.88. The maximum atomic E-state index is 5.37. The molecule has 8 nitrogen and oxygen atoms in total. The maximum absolute atomic E-state index is 5.37. The lowest BCUT2D eigenvalue weighted by atomic mass is 10.1. The summed E-state index contributed by atoms with van der Waals surface area (Å²) in [6, 6.07) is 16.1. The summed E-state index contributed by atoms with van der Waals surface area (Å²) in [5.74, 6) is 2.30. The van der Waals surface area contributed by atoms with E-state index in [-0.39, 0.29) is 6.04 Å². The second-order valence-corrected chi connectivity index (χ2v) is 6.76. The maximum Gasteiger partial charge on any atom is 0.250 e. The van der Waals surface area contributed by atoms with Crippen molar-refractivity contribution in [3.8, 4) is 17.2 Å². The van der Waals surface area contributed by atoms with Crippen LogP contribution in [0.2, 0.25) is 0 Å². The average Bonchev–Trinajstić information content (AvgIpc) is 3.24. The summed E-state index contributed by atoms with van der Waals surface area (Å²) >= 11 is 0. The number of nitrogens with zero attached hydrogens (tertiary/aromatic N) is 5. The first kappa shape index (κ1) is 18.1. The molecular weight excluding hydrogens is 356 g/mol. The zero-order valence-electron chi connectivity index (χ0n) is 16.1. The van der Waals surface area contributed by atoms with Gasteiger partial charge in [-0.15, -0.1) is 0 Å². The van der Waals surface area contributed by atoms with E-state index in [1.807, 2.05) is 48.5 Å². The number of hydrogen-bond donors (Lipinski definition) is 1. The van der Waals surface area contributed by atoms with Crippen LogP contribution >= 0.6 is 0 Å². The van der Waals surface area contributed by atoms with Crippen LogP contribution in [0.3, 0.4) is 0 Å². The highest BCUT2D eigenvalue weighted by Gasteiger charge is 2.24. The van der Waals surface area contributed by atoms with Gasteiger partial charge in [0.1, 0.15) is 11.5 Å². The first-order chi connectivity index (χ1) is 13.8. The summed E-state index contributed by atoms with van der Waals surface area (Å²) in [4.78, 5) is 2.23. The predicted octanol–water partition coefficient (Wildman–Crippen LogP) is 2.76. The van der Waals surface area contributed by atoms with Crippen molar-refractivity contribution in [2.24, 2.45) is 0 Å². The Morgan fingerprint density at radius 3 is 2.50 bits per heavy atom. The van der Waals surface area contributed by atoms with E-state index in [0.717, 1.165) is 54.8 Å². The molecule has 1 saturated heterocycles. The third kappa shape index (κ3) is 3.85. The molecule has 2 aromatic carbocycles. The Hall–Kier alpha value is -3.29. The third-order valence-electron chi connectivity index (χ3n) is 4.88. The number of anilines is 2. The molecule has 146 valence electrons. The molecule has 28 heavy (non-hydrogen) atoms. The van der Waals surface area contributed by atoms with Crippen LogP contribution in [0.4, 0.5) is 11.6 Å². The highest BCUT2D eigenvalue weighted by Crippen LogP contribution is 2.28. The van der Waals surface area contributed by atoms with Crippen molar-refractivity contribution in [3.05, 3.63) is 48.5 Å². The number of rotatable bonds is 6. The number of aromatic nitrogens is 4. The van der Waals surface area contributed by atoms with Crippen LogP contribution < -0.4 is 19.7 Å². The molecule has 1 aliphatic heterocycles.